The Morgan fingerprint density at radius 2 is 2.20 bits per heavy atom. The molecule has 0 radical (unpaired) electrons. The minimum Gasteiger partial charge on any atom is -0.355 e. The van der Waals surface area contributed by atoms with Crippen molar-refractivity contribution in [2.24, 2.45) is 5.92 Å². The molecule has 1 fully saturated rings. The zero-order valence-corrected chi connectivity index (χ0v) is 14.5. The number of nitrogens with zero attached hydrogens (tertiary/aromatic N) is 3. The minimum atomic E-state index is -4.49. The average Bonchev–Trinajstić information content (AvgIpc) is 3.07. The molecule has 2 aromatic heterocycles. The van der Waals surface area contributed by atoms with Crippen molar-refractivity contribution >= 4 is 39.8 Å². The maximum absolute atomic E-state index is 12.7. The van der Waals surface area contributed by atoms with Crippen LogP contribution in [0.2, 0.25) is 5.02 Å². The predicted molar refractivity (Wildman–Crippen MR) is 89.9 cm³/mol. The first kappa shape index (κ1) is 17.9. The van der Waals surface area contributed by atoms with Crippen molar-refractivity contribution in [3.63, 3.8) is 0 Å². The summed E-state index contributed by atoms with van der Waals surface area (Å²) in [5.41, 5.74) is -0.892. The van der Waals surface area contributed by atoms with E-state index in [1.54, 1.807) is 16.5 Å². The lowest BCUT2D eigenvalue weighted by Crippen LogP contribution is -2.41. The molecule has 25 heavy (non-hydrogen) atoms. The second-order valence-corrected chi connectivity index (χ2v) is 6.94. The Morgan fingerprint density at radius 1 is 1.40 bits per heavy atom. The van der Waals surface area contributed by atoms with Gasteiger partial charge in [-0.25, -0.2) is 9.97 Å². The summed E-state index contributed by atoms with van der Waals surface area (Å²) in [5, 5.41) is 4.95. The molecular formula is C15H14ClF3N4OS. The molecule has 1 saturated heterocycles. The Labute approximate surface area is 150 Å². The van der Waals surface area contributed by atoms with E-state index in [2.05, 4.69) is 15.3 Å². The zero-order chi connectivity index (χ0) is 18.0. The quantitative estimate of drug-likeness (QED) is 0.858. The number of piperidine rings is 1. The lowest BCUT2D eigenvalue weighted by atomic mass is 9.97. The molecule has 1 atom stereocenters. The molecule has 0 unspecified atom stereocenters. The van der Waals surface area contributed by atoms with Gasteiger partial charge in [-0.2, -0.15) is 13.2 Å². The summed E-state index contributed by atoms with van der Waals surface area (Å²) in [6.45, 7) is 0.925. The summed E-state index contributed by atoms with van der Waals surface area (Å²) < 4.78 is 38.2. The fourth-order valence-electron chi connectivity index (χ4n) is 2.69. The van der Waals surface area contributed by atoms with Crippen molar-refractivity contribution in [1.82, 2.24) is 9.97 Å². The molecule has 134 valence electrons. The second kappa shape index (κ2) is 7.17. The van der Waals surface area contributed by atoms with E-state index in [1.165, 1.54) is 11.3 Å². The van der Waals surface area contributed by atoms with Crippen molar-refractivity contribution in [3.8, 4) is 0 Å². The number of rotatable bonds is 3. The fraction of sp³-hybridized carbons (Fsp3) is 0.400. The van der Waals surface area contributed by atoms with E-state index in [4.69, 9.17) is 11.6 Å². The van der Waals surface area contributed by atoms with Crippen LogP contribution in [0.15, 0.2) is 23.8 Å². The van der Waals surface area contributed by atoms with Crippen LogP contribution in [0.3, 0.4) is 0 Å². The van der Waals surface area contributed by atoms with Crippen LogP contribution in [0.25, 0.3) is 0 Å². The number of nitrogens with one attached hydrogen (secondary N) is 1. The Balaban J connectivity index is 1.72. The molecular weight excluding hydrogens is 377 g/mol. The molecule has 0 aliphatic carbocycles. The van der Waals surface area contributed by atoms with Crippen LogP contribution < -0.4 is 10.2 Å². The van der Waals surface area contributed by atoms with Crippen LogP contribution in [-0.4, -0.2) is 29.0 Å². The third-order valence-corrected chi connectivity index (χ3v) is 4.87. The third kappa shape index (κ3) is 4.21. The van der Waals surface area contributed by atoms with E-state index < -0.39 is 11.7 Å². The lowest BCUT2D eigenvalue weighted by molar-refractivity contribution is -0.137. The highest BCUT2D eigenvalue weighted by Crippen LogP contribution is 2.34. The van der Waals surface area contributed by atoms with E-state index in [-0.39, 0.29) is 22.7 Å². The molecule has 1 aliphatic heterocycles. The van der Waals surface area contributed by atoms with Crippen molar-refractivity contribution < 1.29 is 18.0 Å². The molecule has 5 nitrogen and oxygen atoms in total. The van der Waals surface area contributed by atoms with E-state index in [0.717, 1.165) is 18.7 Å². The Hall–Kier alpha value is -1.87. The maximum Gasteiger partial charge on any atom is 0.417 e. The van der Waals surface area contributed by atoms with Crippen LogP contribution in [0.4, 0.5) is 24.1 Å². The highest BCUT2D eigenvalue weighted by molar-refractivity contribution is 7.13. The molecule has 0 aromatic carbocycles. The summed E-state index contributed by atoms with van der Waals surface area (Å²) in [7, 11) is 0. The monoisotopic (exact) mass is 390 g/mol. The topological polar surface area (TPSA) is 58.1 Å². The van der Waals surface area contributed by atoms with Gasteiger partial charge >= 0.3 is 6.18 Å². The van der Waals surface area contributed by atoms with Crippen LogP contribution in [0.1, 0.15) is 18.4 Å². The number of halogens is 4. The fourth-order valence-corrected chi connectivity index (χ4v) is 3.51. The van der Waals surface area contributed by atoms with Crippen molar-refractivity contribution in [2.75, 3.05) is 23.3 Å². The first-order chi connectivity index (χ1) is 11.8. The molecule has 3 rings (SSSR count). The van der Waals surface area contributed by atoms with Gasteiger partial charge in [0.25, 0.3) is 0 Å². The number of amides is 1. The van der Waals surface area contributed by atoms with Crippen LogP contribution in [-0.2, 0) is 11.0 Å². The third-order valence-electron chi connectivity index (χ3n) is 3.90. The van der Waals surface area contributed by atoms with E-state index >= 15 is 0 Å². The standard InChI is InChI=1S/C15H14ClF3N4OS/c16-11-6-10(15(17,18)19)7-21-12(11)23-4-1-2-9(8-23)13(24)22-14-20-3-5-25-14/h3,5-7,9H,1-2,4,8H2,(H,20,22,24)/t9-/m0/s1. The molecule has 1 aliphatic rings. The number of aromatic nitrogens is 2. The van der Waals surface area contributed by atoms with Gasteiger partial charge in [0.2, 0.25) is 5.91 Å². The van der Waals surface area contributed by atoms with Gasteiger partial charge in [0.1, 0.15) is 5.82 Å². The zero-order valence-electron chi connectivity index (χ0n) is 12.9. The van der Waals surface area contributed by atoms with Crippen molar-refractivity contribution in [3.05, 3.63) is 34.4 Å². The molecule has 0 bridgehead atoms. The highest BCUT2D eigenvalue weighted by atomic mass is 35.5. The van der Waals surface area contributed by atoms with E-state index in [9.17, 15) is 18.0 Å². The van der Waals surface area contributed by atoms with Gasteiger partial charge in [0.15, 0.2) is 5.13 Å². The lowest BCUT2D eigenvalue weighted by Gasteiger charge is -2.33. The van der Waals surface area contributed by atoms with Gasteiger partial charge in [-0.1, -0.05) is 11.6 Å². The number of carbonyl (C=O) groups is 1. The number of thiazole rings is 1. The van der Waals surface area contributed by atoms with Crippen molar-refractivity contribution in [2.45, 2.75) is 19.0 Å². The SMILES string of the molecule is O=C(Nc1nccs1)[C@H]1CCCN(c2ncc(C(F)(F)F)cc2Cl)C1. The minimum absolute atomic E-state index is 0.0733. The smallest absolute Gasteiger partial charge is 0.355 e. The van der Waals surface area contributed by atoms with Gasteiger partial charge in [-0.05, 0) is 18.9 Å². The predicted octanol–water partition coefficient (Wildman–Crippen LogP) is 4.07. The normalized spacial score (nSPS) is 18.2. The van der Waals surface area contributed by atoms with Crippen LogP contribution in [0.5, 0.6) is 0 Å². The summed E-state index contributed by atoms with van der Waals surface area (Å²) in [6.07, 6.45) is -0.728. The number of pyridine rings is 1. The first-order valence-corrected chi connectivity index (χ1v) is 8.78. The molecule has 0 saturated carbocycles. The number of carbonyl (C=O) groups excluding carboxylic acids is 1. The summed E-state index contributed by atoms with van der Waals surface area (Å²) in [6, 6.07) is 0.864. The van der Waals surface area contributed by atoms with Crippen LogP contribution in [0, 0.1) is 5.92 Å². The number of hydrogen-bond donors (Lipinski definition) is 1. The van der Waals surface area contributed by atoms with Gasteiger partial charge < -0.3 is 10.2 Å². The van der Waals surface area contributed by atoms with E-state index in [0.29, 0.717) is 24.6 Å². The van der Waals surface area contributed by atoms with Gasteiger partial charge in [-0.15, -0.1) is 11.3 Å². The second-order valence-electron chi connectivity index (χ2n) is 5.64. The molecule has 1 amide bonds. The Kier molecular flexibility index (Phi) is 5.14. The molecule has 10 heteroatoms. The first-order valence-electron chi connectivity index (χ1n) is 7.52. The summed E-state index contributed by atoms with van der Waals surface area (Å²) >= 11 is 7.32. The Morgan fingerprint density at radius 3 is 2.84 bits per heavy atom. The molecule has 1 N–H and O–H groups in total. The van der Waals surface area contributed by atoms with Gasteiger partial charge in [0.05, 0.1) is 16.5 Å². The van der Waals surface area contributed by atoms with Crippen molar-refractivity contribution in [1.29, 1.82) is 0 Å². The Bertz CT molecular complexity index is 754. The molecule has 3 heterocycles. The van der Waals surface area contributed by atoms with E-state index in [1.807, 2.05) is 0 Å². The summed E-state index contributed by atoms with van der Waals surface area (Å²) in [4.78, 5) is 22.0. The molecule has 2 aromatic rings. The summed E-state index contributed by atoms with van der Waals surface area (Å²) in [5.74, 6) is -0.207. The highest BCUT2D eigenvalue weighted by Gasteiger charge is 2.33. The number of anilines is 2. The van der Waals surface area contributed by atoms with Gasteiger partial charge in [-0.3, -0.25) is 4.79 Å². The maximum atomic E-state index is 12.7. The number of alkyl halides is 3. The number of hydrogen-bond acceptors (Lipinski definition) is 5. The van der Waals surface area contributed by atoms with Crippen LogP contribution >= 0.6 is 22.9 Å². The molecule has 0 spiro atoms. The van der Waals surface area contributed by atoms with Gasteiger partial charge in [0, 0.05) is 30.9 Å². The average molecular weight is 391 g/mol. The largest absolute Gasteiger partial charge is 0.417 e.